The van der Waals surface area contributed by atoms with Crippen LogP contribution in [0.3, 0.4) is 0 Å². The summed E-state index contributed by atoms with van der Waals surface area (Å²) in [5, 5.41) is 9.26. The lowest BCUT2D eigenvalue weighted by atomic mass is 10.1. The third-order valence-corrected chi connectivity index (χ3v) is 3.46. The number of benzene rings is 1. The number of carboxylic acid groups (broad SMARTS) is 1. The molecule has 1 aromatic carbocycles. The average Bonchev–Trinajstić information content (AvgIpc) is 2.61. The molecule has 1 aliphatic rings. The Kier molecular flexibility index (Phi) is 3.65. The van der Waals surface area contributed by atoms with E-state index in [4.69, 9.17) is 0 Å². The van der Waals surface area contributed by atoms with E-state index in [2.05, 4.69) is 15.9 Å². The van der Waals surface area contributed by atoms with Gasteiger partial charge in [-0.25, -0.2) is 9.18 Å². The Morgan fingerprint density at radius 2 is 2.06 bits per heavy atom. The minimum absolute atomic E-state index is 0.0349. The highest BCUT2D eigenvalue weighted by atomic mass is 79.9. The Hall–Kier alpha value is -1.43. The van der Waals surface area contributed by atoms with Gasteiger partial charge in [0.15, 0.2) is 6.04 Å². The van der Waals surface area contributed by atoms with Crippen LogP contribution in [-0.4, -0.2) is 33.3 Å². The predicted octanol–water partition coefficient (Wildman–Crippen LogP) is 1.95. The van der Waals surface area contributed by atoms with Gasteiger partial charge in [-0.1, -0.05) is 28.1 Å². The van der Waals surface area contributed by atoms with Crippen molar-refractivity contribution in [3.63, 3.8) is 0 Å². The number of likely N-dealkylation sites (tertiary alicyclic amines) is 1. The van der Waals surface area contributed by atoms with Gasteiger partial charge in [0, 0.05) is 17.8 Å². The Bertz CT molecular complexity index is 477. The van der Waals surface area contributed by atoms with Gasteiger partial charge in [-0.2, -0.15) is 0 Å². The summed E-state index contributed by atoms with van der Waals surface area (Å²) in [5.41, 5.74) is 0.402. The molecule has 0 bridgehead atoms. The van der Waals surface area contributed by atoms with E-state index < -0.39 is 17.8 Å². The fourth-order valence-corrected chi connectivity index (χ4v) is 2.63. The summed E-state index contributed by atoms with van der Waals surface area (Å²) in [7, 11) is 0. The minimum atomic E-state index is -1.11. The normalized spacial score (nSPS) is 21.1. The molecule has 0 aromatic heterocycles. The first-order valence-electron chi connectivity index (χ1n) is 5.41. The molecule has 0 aliphatic carbocycles. The number of carboxylic acids is 1. The van der Waals surface area contributed by atoms with Crippen LogP contribution >= 0.6 is 15.9 Å². The summed E-state index contributed by atoms with van der Waals surface area (Å²) in [6.07, 6.45) is 0.283. The van der Waals surface area contributed by atoms with Gasteiger partial charge in [0.05, 0.1) is 0 Å². The predicted molar refractivity (Wildman–Crippen MR) is 65.8 cm³/mol. The monoisotopic (exact) mass is 315 g/mol. The number of hydrogen-bond donors (Lipinski definition) is 1. The smallest absolute Gasteiger partial charge is 0.331 e. The van der Waals surface area contributed by atoms with E-state index in [1.807, 2.05) is 0 Å². The molecule has 2 unspecified atom stereocenters. The maximum absolute atomic E-state index is 12.8. The highest BCUT2D eigenvalue weighted by Gasteiger charge is 2.37. The standard InChI is InChI=1S/C12H11BrFNO3/c13-8-5-10(16)15(6-8)11(12(17)18)7-1-3-9(14)4-2-7/h1-4,8,11H,5-6H2,(H,17,18). The second-order valence-corrected chi connectivity index (χ2v) is 5.43. The number of rotatable bonds is 3. The average molecular weight is 316 g/mol. The number of aliphatic carboxylic acids is 1. The van der Waals surface area contributed by atoms with E-state index >= 15 is 0 Å². The van der Waals surface area contributed by atoms with E-state index in [1.54, 1.807) is 0 Å². The highest BCUT2D eigenvalue weighted by molar-refractivity contribution is 9.09. The first-order valence-corrected chi connectivity index (χ1v) is 6.32. The highest BCUT2D eigenvalue weighted by Crippen LogP contribution is 2.29. The van der Waals surface area contributed by atoms with Crippen molar-refractivity contribution in [3.05, 3.63) is 35.6 Å². The summed E-state index contributed by atoms with van der Waals surface area (Å²) < 4.78 is 12.8. The largest absolute Gasteiger partial charge is 0.479 e. The number of alkyl halides is 1. The van der Waals surface area contributed by atoms with Crippen molar-refractivity contribution in [1.29, 1.82) is 0 Å². The lowest BCUT2D eigenvalue weighted by molar-refractivity contribution is -0.148. The van der Waals surface area contributed by atoms with Crippen molar-refractivity contribution in [3.8, 4) is 0 Å². The summed E-state index contributed by atoms with van der Waals surface area (Å²) in [4.78, 5) is 24.3. The molecule has 1 aromatic rings. The summed E-state index contributed by atoms with van der Waals surface area (Å²) in [6, 6.07) is 4.11. The Balaban J connectivity index is 2.32. The second kappa shape index (κ2) is 5.06. The Labute approximate surface area is 112 Å². The molecule has 1 aliphatic heterocycles. The van der Waals surface area contributed by atoms with Gasteiger partial charge in [0.2, 0.25) is 5.91 Å². The molecule has 2 atom stereocenters. The zero-order valence-corrected chi connectivity index (χ0v) is 10.9. The third kappa shape index (κ3) is 2.53. The van der Waals surface area contributed by atoms with Crippen LogP contribution in [0.1, 0.15) is 18.0 Å². The van der Waals surface area contributed by atoms with Crippen LogP contribution in [0.2, 0.25) is 0 Å². The third-order valence-electron chi connectivity index (χ3n) is 2.84. The SMILES string of the molecule is O=C(O)C(c1ccc(F)cc1)N1CC(Br)CC1=O. The van der Waals surface area contributed by atoms with Crippen molar-refractivity contribution < 1.29 is 19.1 Å². The molecule has 1 amide bonds. The van der Waals surface area contributed by atoms with Gasteiger partial charge in [-0.15, -0.1) is 0 Å². The van der Waals surface area contributed by atoms with Crippen LogP contribution in [0.4, 0.5) is 4.39 Å². The summed E-state index contributed by atoms with van der Waals surface area (Å²) in [5.74, 6) is -1.76. The number of hydrogen-bond acceptors (Lipinski definition) is 2. The maximum atomic E-state index is 12.8. The zero-order chi connectivity index (χ0) is 13.3. The zero-order valence-electron chi connectivity index (χ0n) is 9.35. The molecular weight excluding hydrogens is 305 g/mol. The van der Waals surface area contributed by atoms with Gasteiger partial charge in [-0.3, -0.25) is 4.79 Å². The van der Waals surface area contributed by atoms with Crippen LogP contribution in [0.25, 0.3) is 0 Å². The molecular formula is C12H11BrFNO3. The van der Waals surface area contributed by atoms with Gasteiger partial charge in [0.25, 0.3) is 0 Å². The van der Waals surface area contributed by atoms with Crippen molar-refractivity contribution >= 4 is 27.8 Å². The van der Waals surface area contributed by atoms with E-state index in [9.17, 15) is 19.1 Å². The van der Waals surface area contributed by atoms with Gasteiger partial charge >= 0.3 is 5.97 Å². The summed E-state index contributed by atoms with van der Waals surface area (Å²) in [6.45, 7) is 0.340. The molecule has 1 saturated heterocycles. The number of carbonyl (C=O) groups is 2. The first-order chi connectivity index (χ1) is 8.49. The van der Waals surface area contributed by atoms with Gasteiger partial charge < -0.3 is 10.0 Å². The molecule has 96 valence electrons. The lowest BCUT2D eigenvalue weighted by Crippen LogP contribution is -2.35. The van der Waals surface area contributed by atoms with Crippen molar-refractivity contribution in [2.45, 2.75) is 17.3 Å². The van der Waals surface area contributed by atoms with Crippen LogP contribution in [-0.2, 0) is 9.59 Å². The number of amides is 1. The Morgan fingerprint density at radius 1 is 1.44 bits per heavy atom. The number of nitrogens with zero attached hydrogens (tertiary/aromatic N) is 1. The van der Waals surface area contributed by atoms with Crippen molar-refractivity contribution in [2.75, 3.05) is 6.54 Å². The minimum Gasteiger partial charge on any atom is -0.479 e. The number of halogens is 2. The van der Waals surface area contributed by atoms with E-state index in [0.717, 1.165) is 0 Å². The first kappa shape index (κ1) is 13.0. The van der Waals surface area contributed by atoms with Gasteiger partial charge in [-0.05, 0) is 17.7 Å². The van der Waals surface area contributed by atoms with Crippen molar-refractivity contribution in [1.82, 2.24) is 4.90 Å². The van der Waals surface area contributed by atoms with Gasteiger partial charge in [0.1, 0.15) is 5.82 Å². The molecule has 0 saturated carbocycles. The van der Waals surface area contributed by atoms with Crippen LogP contribution in [0.15, 0.2) is 24.3 Å². The molecule has 2 rings (SSSR count). The fourth-order valence-electron chi connectivity index (χ4n) is 2.04. The van der Waals surface area contributed by atoms with E-state index in [0.29, 0.717) is 12.1 Å². The molecule has 1 heterocycles. The van der Waals surface area contributed by atoms with Crippen LogP contribution < -0.4 is 0 Å². The van der Waals surface area contributed by atoms with Crippen LogP contribution in [0.5, 0.6) is 0 Å². The quantitative estimate of drug-likeness (QED) is 0.867. The van der Waals surface area contributed by atoms with E-state index in [1.165, 1.54) is 29.2 Å². The molecule has 1 N–H and O–H groups in total. The topological polar surface area (TPSA) is 57.6 Å². The molecule has 18 heavy (non-hydrogen) atoms. The van der Waals surface area contributed by atoms with E-state index in [-0.39, 0.29) is 17.2 Å². The lowest BCUT2D eigenvalue weighted by Gasteiger charge is -2.24. The fraction of sp³-hybridized carbons (Fsp3) is 0.333. The molecule has 0 radical (unpaired) electrons. The Morgan fingerprint density at radius 3 is 2.50 bits per heavy atom. The van der Waals surface area contributed by atoms with Crippen LogP contribution in [0, 0.1) is 5.82 Å². The molecule has 6 heteroatoms. The molecule has 0 spiro atoms. The van der Waals surface area contributed by atoms with Crippen molar-refractivity contribution in [2.24, 2.45) is 0 Å². The maximum Gasteiger partial charge on any atom is 0.331 e. The second-order valence-electron chi connectivity index (χ2n) is 4.14. The molecule has 4 nitrogen and oxygen atoms in total. The number of carbonyl (C=O) groups excluding carboxylic acids is 1. The summed E-state index contributed by atoms with van der Waals surface area (Å²) >= 11 is 3.31. The molecule has 1 fully saturated rings.